The van der Waals surface area contributed by atoms with Gasteiger partial charge < -0.3 is 4.57 Å². The van der Waals surface area contributed by atoms with Crippen molar-refractivity contribution in [3.8, 4) is 0 Å². The molecule has 0 unspecified atom stereocenters. The Morgan fingerprint density at radius 2 is 2.40 bits per heavy atom. The Hall–Kier alpha value is -0.430. The minimum Gasteiger partial charge on any atom is -0.353 e. The van der Waals surface area contributed by atoms with E-state index in [0.29, 0.717) is 0 Å². The highest BCUT2D eigenvalue weighted by Crippen LogP contribution is 2.08. The highest BCUT2D eigenvalue weighted by Gasteiger charge is 1.90. The number of unbranched alkanes of at least 4 members (excludes halogenated alkanes) is 1. The maximum absolute atomic E-state index is 5.72. The van der Waals surface area contributed by atoms with Crippen LogP contribution in [0.3, 0.4) is 0 Å². The average Bonchev–Trinajstić information content (AvgIpc) is 2.31. The van der Waals surface area contributed by atoms with Crippen LogP contribution in [-0.4, -0.2) is 4.57 Å². The van der Waals surface area contributed by atoms with E-state index >= 15 is 0 Å². The molecule has 0 saturated heterocycles. The van der Waals surface area contributed by atoms with E-state index in [1.807, 2.05) is 18.5 Å². The fourth-order valence-corrected chi connectivity index (χ4v) is 1.07. The van der Waals surface area contributed by atoms with E-state index in [1.54, 1.807) is 0 Å². The summed E-state index contributed by atoms with van der Waals surface area (Å²) in [6.07, 6.45) is 6.43. The van der Waals surface area contributed by atoms with Crippen LogP contribution >= 0.6 is 11.6 Å². The monoisotopic (exact) mass is 157 g/mol. The summed E-state index contributed by atoms with van der Waals surface area (Å²) in [6, 6.07) is 1.91. The second kappa shape index (κ2) is 3.67. The summed E-state index contributed by atoms with van der Waals surface area (Å²) in [4.78, 5) is 0. The van der Waals surface area contributed by atoms with Gasteiger partial charge in [0.25, 0.3) is 0 Å². The van der Waals surface area contributed by atoms with E-state index < -0.39 is 0 Å². The van der Waals surface area contributed by atoms with Crippen molar-refractivity contribution in [2.75, 3.05) is 0 Å². The molecule has 0 saturated carbocycles. The summed E-state index contributed by atoms with van der Waals surface area (Å²) in [7, 11) is 0. The number of rotatable bonds is 3. The van der Waals surface area contributed by atoms with Crippen LogP contribution in [0.15, 0.2) is 18.5 Å². The zero-order valence-corrected chi connectivity index (χ0v) is 6.93. The standard InChI is InChI=1S/C8H12ClN/c1-2-3-5-10-6-4-8(9)7-10/h4,6-7H,2-3,5H2,1H3. The second-order valence-electron chi connectivity index (χ2n) is 2.42. The van der Waals surface area contributed by atoms with Gasteiger partial charge in [-0.25, -0.2) is 0 Å². The summed E-state index contributed by atoms with van der Waals surface area (Å²) in [5, 5.41) is 0.830. The number of aromatic nitrogens is 1. The minimum absolute atomic E-state index is 0.830. The van der Waals surface area contributed by atoms with Gasteiger partial charge in [-0.3, -0.25) is 0 Å². The van der Waals surface area contributed by atoms with Gasteiger partial charge in [-0.1, -0.05) is 24.9 Å². The first-order chi connectivity index (χ1) is 4.83. The van der Waals surface area contributed by atoms with Gasteiger partial charge in [-0.2, -0.15) is 0 Å². The van der Waals surface area contributed by atoms with Crippen LogP contribution < -0.4 is 0 Å². The molecule has 10 heavy (non-hydrogen) atoms. The van der Waals surface area contributed by atoms with Crippen LogP contribution in [0.2, 0.25) is 5.02 Å². The third-order valence-corrected chi connectivity index (χ3v) is 1.71. The minimum atomic E-state index is 0.830. The molecule has 0 aromatic carbocycles. The van der Waals surface area contributed by atoms with Gasteiger partial charge in [-0.05, 0) is 12.5 Å². The summed E-state index contributed by atoms with van der Waals surface area (Å²) in [6.45, 7) is 3.27. The van der Waals surface area contributed by atoms with E-state index in [2.05, 4.69) is 11.5 Å². The summed E-state index contributed by atoms with van der Waals surface area (Å²) in [5.41, 5.74) is 0. The lowest BCUT2D eigenvalue weighted by molar-refractivity contribution is 0.635. The molecule has 0 aliphatic carbocycles. The Morgan fingerprint density at radius 1 is 1.60 bits per heavy atom. The second-order valence-corrected chi connectivity index (χ2v) is 2.86. The fourth-order valence-electron chi connectivity index (χ4n) is 0.891. The first kappa shape index (κ1) is 7.67. The lowest BCUT2D eigenvalue weighted by Crippen LogP contribution is -1.91. The molecule has 1 aromatic heterocycles. The molecule has 0 N–H and O–H groups in total. The van der Waals surface area contributed by atoms with Crippen molar-refractivity contribution in [2.45, 2.75) is 26.3 Å². The summed E-state index contributed by atoms with van der Waals surface area (Å²) >= 11 is 5.72. The molecule has 1 heterocycles. The smallest absolute Gasteiger partial charge is 0.0582 e. The fraction of sp³-hybridized carbons (Fsp3) is 0.500. The molecule has 1 rings (SSSR count). The van der Waals surface area contributed by atoms with E-state index in [0.717, 1.165) is 11.6 Å². The Labute approximate surface area is 66.6 Å². The number of hydrogen-bond acceptors (Lipinski definition) is 0. The van der Waals surface area contributed by atoms with E-state index in [-0.39, 0.29) is 0 Å². The van der Waals surface area contributed by atoms with Crippen molar-refractivity contribution in [3.63, 3.8) is 0 Å². The largest absolute Gasteiger partial charge is 0.353 e. The third-order valence-electron chi connectivity index (χ3n) is 1.48. The van der Waals surface area contributed by atoms with Crippen LogP contribution in [0.4, 0.5) is 0 Å². The normalized spacial score (nSPS) is 10.2. The highest BCUT2D eigenvalue weighted by atomic mass is 35.5. The van der Waals surface area contributed by atoms with Crippen LogP contribution in [0.5, 0.6) is 0 Å². The molecule has 0 spiro atoms. The Balaban J connectivity index is 2.42. The topological polar surface area (TPSA) is 4.93 Å². The molecule has 0 atom stereocenters. The molecule has 0 aliphatic heterocycles. The summed E-state index contributed by atoms with van der Waals surface area (Å²) < 4.78 is 2.12. The quantitative estimate of drug-likeness (QED) is 0.636. The Kier molecular flexibility index (Phi) is 2.82. The molecule has 1 nitrogen and oxygen atoms in total. The molecule has 0 radical (unpaired) electrons. The van der Waals surface area contributed by atoms with Crippen LogP contribution in [0, 0.1) is 0 Å². The maximum atomic E-state index is 5.72. The first-order valence-corrected chi connectivity index (χ1v) is 4.02. The lowest BCUT2D eigenvalue weighted by atomic mass is 10.3. The lowest BCUT2D eigenvalue weighted by Gasteiger charge is -1.97. The summed E-state index contributed by atoms with van der Waals surface area (Å²) in [5.74, 6) is 0. The van der Waals surface area contributed by atoms with Crippen LogP contribution in [-0.2, 0) is 6.54 Å². The van der Waals surface area contributed by atoms with Gasteiger partial charge in [-0.15, -0.1) is 0 Å². The number of aryl methyl sites for hydroxylation is 1. The zero-order chi connectivity index (χ0) is 7.40. The van der Waals surface area contributed by atoms with Gasteiger partial charge in [0.1, 0.15) is 0 Å². The SMILES string of the molecule is CCCCn1ccc(Cl)c1. The third kappa shape index (κ3) is 2.07. The molecule has 56 valence electrons. The Morgan fingerprint density at radius 3 is 2.90 bits per heavy atom. The Bertz CT molecular complexity index is 193. The van der Waals surface area contributed by atoms with E-state index in [1.165, 1.54) is 12.8 Å². The molecule has 2 heteroatoms. The molecule has 0 amide bonds. The van der Waals surface area contributed by atoms with Crippen molar-refractivity contribution in [1.29, 1.82) is 0 Å². The zero-order valence-electron chi connectivity index (χ0n) is 6.18. The number of nitrogens with zero attached hydrogens (tertiary/aromatic N) is 1. The van der Waals surface area contributed by atoms with E-state index in [4.69, 9.17) is 11.6 Å². The average molecular weight is 158 g/mol. The van der Waals surface area contributed by atoms with Gasteiger partial charge in [0, 0.05) is 18.9 Å². The van der Waals surface area contributed by atoms with Crippen LogP contribution in [0.1, 0.15) is 19.8 Å². The van der Waals surface area contributed by atoms with Gasteiger partial charge >= 0.3 is 0 Å². The molecular formula is C8H12ClN. The van der Waals surface area contributed by atoms with Crippen molar-refractivity contribution < 1.29 is 0 Å². The molecule has 0 bridgehead atoms. The first-order valence-electron chi connectivity index (χ1n) is 3.64. The van der Waals surface area contributed by atoms with Crippen molar-refractivity contribution in [2.24, 2.45) is 0 Å². The molecule has 1 aromatic rings. The van der Waals surface area contributed by atoms with Gasteiger partial charge in [0.2, 0.25) is 0 Å². The maximum Gasteiger partial charge on any atom is 0.0582 e. The molecule has 0 fully saturated rings. The number of hydrogen-bond donors (Lipinski definition) is 0. The van der Waals surface area contributed by atoms with Crippen LogP contribution in [0.25, 0.3) is 0 Å². The highest BCUT2D eigenvalue weighted by molar-refractivity contribution is 6.30. The van der Waals surface area contributed by atoms with Crippen molar-refractivity contribution in [1.82, 2.24) is 4.57 Å². The predicted molar refractivity (Wildman–Crippen MR) is 44.4 cm³/mol. The predicted octanol–water partition coefficient (Wildman–Crippen LogP) is 2.94. The van der Waals surface area contributed by atoms with Gasteiger partial charge in [0.05, 0.1) is 5.02 Å². The van der Waals surface area contributed by atoms with Crippen molar-refractivity contribution in [3.05, 3.63) is 23.5 Å². The van der Waals surface area contributed by atoms with Crippen molar-refractivity contribution >= 4 is 11.6 Å². The van der Waals surface area contributed by atoms with E-state index in [9.17, 15) is 0 Å². The molecular weight excluding hydrogens is 146 g/mol. The van der Waals surface area contributed by atoms with Gasteiger partial charge in [0.15, 0.2) is 0 Å². The molecule has 0 aliphatic rings. The number of halogens is 1.